The van der Waals surface area contributed by atoms with Gasteiger partial charge in [-0.1, -0.05) is 12.1 Å². The SMILES string of the molecule is Cn1ccc2ccc([C@H](O)C(F)(F)F)cc21. The summed E-state index contributed by atoms with van der Waals surface area (Å²) < 4.78 is 38.6. The maximum atomic E-state index is 12.3. The second-order valence-electron chi connectivity index (χ2n) is 3.69. The highest BCUT2D eigenvalue weighted by Crippen LogP contribution is 2.33. The van der Waals surface area contributed by atoms with Gasteiger partial charge in [0.25, 0.3) is 0 Å². The Hall–Kier alpha value is -1.49. The largest absolute Gasteiger partial charge is 0.418 e. The molecule has 0 aliphatic carbocycles. The molecule has 2 rings (SSSR count). The fraction of sp³-hybridized carbons (Fsp3) is 0.273. The first-order valence-electron chi connectivity index (χ1n) is 4.69. The van der Waals surface area contributed by atoms with Crippen LogP contribution in [-0.4, -0.2) is 15.8 Å². The number of aromatic nitrogens is 1. The molecule has 16 heavy (non-hydrogen) atoms. The summed E-state index contributed by atoms with van der Waals surface area (Å²) in [5, 5.41) is 9.96. The minimum atomic E-state index is -4.63. The molecule has 0 aliphatic rings. The summed E-state index contributed by atoms with van der Waals surface area (Å²) in [6.07, 6.45) is -5.29. The summed E-state index contributed by atoms with van der Waals surface area (Å²) in [6, 6.07) is 6.02. The van der Waals surface area contributed by atoms with Crippen LogP contribution in [0.3, 0.4) is 0 Å². The summed E-state index contributed by atoms with van der Waals surface area (Å²) in [5.41, 5.74) is 0.530. The molecule has 1 atom stereocenters. The number of fused-ring (bicyclic) bond motifs is 1. The lowest BCUT2D eigenvalue weighted by Crippen LogP contribution is -2.20. The predicted octanol–water partition coefficient (Wildman–Crippen LogP) is 2.77. The lowest BCUT2D eigenvalue weighted by Gasteiger charge is -2.14. The minimum Gasteiger partial charge on any atom is -0.379 e. The minimum absolute atomic E-state index is 0.137. The quantitative estimate of drug-likeness (QED) is 0.799. The van der Waals surface area contributed by atoms with Crippen LogP contribution in [0.2, 0.25) is 0 Å². The van der Waals surface area contributed by atoms with E-state index in [2.05, 4.69) is 0 Å². The molecule has 1 aromatic carbocycles. The molecule has 0 saturated carbocycles. The van der Waals surface area contributed by atoms with E-state index in [1.165, 1.54) is 12.1 Å². The fourth-order valence-electron chi connectivity index (χ4n) is 1.64. The van der Waals surface area contributed by atoms with Crippen molar-refractivity contribution in [3.05, 3.63) is 36.0 Å². The van der Waals surface area contributed by atoms with E-state index < -0.39 is 12.3 Å². The van der Waals surface area contributed by atoms with Crippen molar-refractivity contribution in [3.8, 4) is 0 Å². The highest BCUT2D eigenvalue weighted by molar-refractivity contribution is 5.80. The molecule has 0 bridgehead atoms. The molecule has 1 N–H and O–H groups in total. The normalized spacial score (nSPS) is 14.3. The Labute approximate surface area is 89.9 Å². The number of benzene rings is 1. The van der Waals surface area contributed by atoms with Gasteiger partial charge in [-0.3, -0.25) is 0 Å². The van der Waals surface area contributed by atoms with E-state index in [1.54, 1.807) is 29.9 Å². The fourth-order valence-corrected chi connectivity index (χ4v) is 1.64. The van der Waals surface area contributed by atoms with E-state index in [-0.39, 0.29) is 5.56 Å². The van der Waals surface area contributed by atoms with Crippen molar-refractivity contribution in [2.75, 3.05) is 0 Å². The maximum Gasteiger partial charge on any atom is 0.418 e. The Morgan fingerprint density at radius 2 is 1.94 bits per heavy atom. The molecule has 0 saturated heterocycles. The second-order valence-corrected chi connectivity index (χ2v) is 3.69. The molecule has 0 aliphatic heterocycles. The van der Waals surface area contributed by atoms with Crippen LogP contribution in [-0.2, 0) is 7.05 Å². The van der Waals surface area contributed by atoms with Crippen LogP contribution < -0.4 is 0 Å². The van der Waals surface area contributed by atoms with Gasteiger partial charge in [0.05, 0.1) is 0 Å². The van der Waals surface area contributed by atoms with E-state index in [0.717, 1.165) is 5.39 Å². The Kier molecular flexibility index (Phi) is 2.42. The van der Waals surface area contributed by atoms with Gasteiger partial charge in [0.1, 0.15) is 0 Å². The highest BCUT2D eigenvalue weighted by Gasteiger charge is 2.39. The number of halogens is 3. The second kappa shape index (κ2) is 3.52. The summed E-state index contributed by atoms with van der Waals surface area (Å²) in [5.74, 6) is 0. The van der Waals surface area contributed by atoms with Crippen molar-refractivity contribution < 1.29 is 18.3 Å². The average Bonchev–Trinajstić information content (AvgIpc) is 2.58. The summed E-state index contributed by atoms with van der Waals surface area (Å²) in [6.45, 7) is 0. The van der Waals surface area contributed by atoms with Crippen molar-refractivity contribution in [1.82, 2.24) is 4.57 Å². The third kappa shape index (κ3) is 1.78. The van der Waals surface area contributed by atoms with E-state index in [0.29, 0.717) is 5.52 Å². The zero-order chi connectivity index (χ0) is 11.9. The van der Waals surface area contributed by atoms with Gasteiger partial charge in [-0.25, -0.2) is 0 Å². The van der Waals surface area contributed by atoms with Gasteiger partial charge < -0.3 is 9.67 Å². The van der Waals surface area contributed by atoms with E-state index in [9.17, 15) is 13.2 Å². The maximum absolute atomic E-state index is 12.3. The van der Waals surface area contributed by atoms with Crippen molar-refractivity contribution >= 4 is 10.9 Å². The first-order valence-corrected chi connectivity index (χ1v) is 4.69. The molecule has 2 aromatic rings. The molecule has 0 spiro atoms. The zero-order valence-corrected chi connectivity index (χ0v) is 8.49. The number of nitrogens with zero attached hydrogens (tertiary/aromatic N) is 1. The number of aliphatic hydroxyl groups is 1. The smallest absolute Gasteiger partial charge is 0.379 e. The molecule has 1 aromatic heterocycles. The highest BCUT2D eigenvalue weighted by atomic mass is 19.4. The van der Waals surface area contributed by atoms with Gasteiger partial charge in [0, 0.05) is 18.8 Å². The van der Waals surface area contributed by atoms with Crippen molar-refractivity contribution in [1.29, 1.82) is 0 Å². The van der Waals surface area contributed by atoms with Crippen LogP contribution in [0.4, 0.5) is 13.2 Å². The van der Waals surface area contributed by atoms with Gasteiger partial charge in [0.15, 0.2) is 6.10 Å². The van der Waals surface area contributed by atoms with Crippen LogP contribution >= 0.6 is 0 Å². The van der Waals surface area contributed by atoms with E-state index in [1.807, 2.05) is 0 Å². The van der Waals surface area contributed by atoms with Crippen molar-refractivity contribution in [2.24, 2.45) is 7.05 Å². The van der Waals surface area contributed by atoms with Gasteiger partial charge in [-0.05, 0) is 23.1 Å². The molecule has 5 heteroatoms. The molecule has 0 radical (unpaired) electrons. The van der Waals surface area contributed by atoms with Crippen LogP contribution in [0.1, 0.15) is 11.7 Å². The number of alkyl halides is 3. The van der Waals surface area contributed by atoms with E-state index in [4.69, 9.17) is 5.11 Å². The van der Waals surface area contributed by atoms with Crippen LogP contribution in [0.25, 0.3) is 10.9 Å². The molecule has 1 heterocycles. The van der Waals surface area contributed by atoms with Gasteiger partial charge in [-0.15, -0.1) is 0 Å². The van der Waals surface area contributed by atoms with Gasteiger partial charge in [-0.2, -0.15) is 13.2 Å². The number of aryl methyl sites for hydroxylation is 1. The molecular formula is C11H10F3NO. The molecule has 0 fully saturated rings. The molecular weight excluding hydrogens is 219 g/mol. The first-order chi connectivity index (χ1) is 7.39. The first kappa shape index (κ1) is 11.0. The molecule has 0 amide bonds. The molecule has 86 valence electrons. The third-order valence-electron chi connectivity index (χ3n) is 2.54. The van der Waals surface area contributed by atoms with Gasteiger partial charge >= 0.3 is 6.18 Å². The van der Waals surface area contributed by atoms with E-state index >= 15 is 0 Å². The number of hydrogen-bond donors (Lipinski definition) is 1. The Morgan fingerprint density at radius 3 is 2.56 bits per heavy atom. The monoisotopic (exact) mass is 229 g/mol. The Balaban J connectivity index is 2.50. The number of rotatable bonds is 1. The summed E-state index contributed by atoms with van der Waals surface area (Å²) in [7, 11) is 1.74. The standard InChI is InChI=1S/C11H10F3NO/c1-15-5-4-7-2-3-8(6-9(7)15)10(16)11(12,13)14/h2-6,10,16H,1H3/t10-/m0/s1. The van der Waals surface area contributed by atoms with Gasteiger partial charge in [0.2, 0.25) is 0 Å². The Morgan fingerprint density at radius 1 is 1.25 bits per heavy atom. The molecule has 0 unspecified atom stereocenters. The summed E-state index contributed by atoms with van der Waals surface area (Å²) in [4.78, 5) is 0. The lowest BCUT2D eigenvalue weighted by molar-refractivity contribution is -0.206. The lowest BCUT2D eigenvalue weighted by atomic mass is 10.1. The zero-order valence-electron chi connectivity index (χ0n) is 8.49. The summed E-state index contributed by atoms with van der Waals surface area (Å²) >= 11 is 0. The third-order valence-corrected chi connectivity index (χ3v) is 2.54. The Bertz CT molecular complexity index is 515. The number of hydrogen-bond acceptors (Lipinski definition) is 1. The van der Waals surface area contributed by atoms with Crippen LogP contribution in [0.15, 0.2) is 30.5 Å². The van der Waals surface area contributed by atoms with Crippen LogP contribution in [0.5, 0.6) is 0 Å². The topological polar surface area (TPSA) is 25.2 Å². The average molecular weight is 229 g/mol. The molecule has 2 nitrogen and oxygen atoms in total. The predicted molar refractivity (Wildman–Crippen MR) is 53.9 cm³/mol. The van der Waals surface area contributed by atoms with Crippen molar-refractivity contribution in [3.63, 3.8) is 0 Å². The number of aliphatic hydroxyl groups excluding tert-OH is 1. The van der Waals surface area contributed by atoms with Crippen molar-refractivity contribution in [2.45, 2.75) is 12.3 Å². The van der Waals surface area contributed by atoms with Crippen LogP contribution in [0, 0.1) is 0 Å².